The number of nitrogens with zero attached hydrogens (tertiary/aromatic N) is 2. The minimum atomic E-state index is -3.82. The monoisotopic (exact) mass is 372 g/mol. The maximum atomic E-state index is 13.5. The summed E-state index contributed by atoms with van der Waals surface area (Å²) in [7, 11) is -3.82. The molecule has 136 valence electrons. The molecule has 2 aliphatic heterocycles. The first-order chi connectivity index (χ1) is 11.7. The van der Waals surface area contributed by atoms with E-state index in [-0.39, 0.29) is 30.3 Å². The summed E-state index contributed by atoms with van der Waals surface area (Å²) in [5, 5.41) is 12.2. The van der Waals surface area contributed by atoms with Crippen LogP contribution in [0.4, 0.5) is 9.18 Å². The molecule has 1 aromatic carbocycles. The van der Waals surface area contributed by atoms with Crippen molar-refractivity contribution in [3.63, 3.8) is 0 Å². The molecule has 2 aliphatic rings. The number of aryl methyl sites for hydroxylation is 1. The fourth-order valence-corrected chi connectivity index (χ4v) is 4.71. The number of carboxylic acid groups (broad SMARTS) is 1. The molecule has 0 aliphatic carbocycles. The minimum absolute atomic E-state index is 0.0372. The summed E-state index contributed by atoms with van der Waals surface area (Å²) >= 11 is 0. The van der Waals surface area contributed by atoms with E-state index >= 15 is 0 Å². The Morgan fingerprint density at radius 1 is 1.40 bits per heavy atom. The van der Waals surface area contributed by atoms with Gasteiger partial charge in [-0.1, -0.05) is 11.2 Å². The smallest absolute Gasteiger partial charge is 0.449 e. The maximum absolute atomic E-state index is 13.5. The Labute approximate surface area is 143 Å². The van der Waals surface area contributed by atoms with E-state index in [0.29, 0.717) is 18.4 Å². The number of rotatable bonds is 2. The van der Waals surface area contributed by atoms with Gasteiger partial charge in [-0.05, 0) is 24.6 Å². The Bertz CT molecular complexity index is 830. The van der Waals surface area contributed by atoms with Gasteiger partial charge >= 0.3 is 6.16 Å². The highest BCUT2D eigenvalue weighted by Crippen LogP contribution is 2.36. The third-order valence-corrected chi connectivity index (χ3v) is 6.46. The summed E-state index contributed by atoms with van der Waals surface area (Å²) in [6, 6.07) is 3.66. The van der Waals surface area contributed by atoms with Crippen LogP contribution in [0.25, 0.3) is 0 Å². The molecule has 1 fully saturated rings. The average molecular weight is 372 g/mol. The van der Waals surface area contributed by atoms with E-state index in [9.17, 15) is 17.6 Å². The standard InChI is InChI=1S/C15H17FN2O6S/c1-10-2-3-11(16)8-12(10)25(21,22)18-6-4-15(5-7-18)9-13(17-24-15)23-14(19)20/h2-3,8H,4-7,9H2,1H3,(H,19,20). The molecule has 0 atom stereocenters. The molecule has 1 spiro atoms. The van der Waals surface area contributed by atoms with Gasteiger partial charge in [0.25, 0.3) is 0 Å². The van der Waals surface area contributed by atoms with Gasteiger partial charge in [-0.25, -0.2) is 17.6 Å². The summed E-state index contributed by atoms with van der Waals surface area (Å²) < 4.78 is 44.8. The van der Waals surface area contributed by atoms with E-state index in [1.54, 1.807) is 6.92 Å². The lowest BCUT2D eigenvalue weighted by Crippen LogP contribution is -2.47. The Hall–Kier alpha value is -2.20. The van der Waals surface area contributed by atoms with Gasteiger partial charge in [0.05, 0.1) is 11.3 Å². The second-order valence-corrected chi connectivity index (χ2v) is 8.02. The largest absolute Gasteiger partial charge is 0.512 e. The first-order valence-corrected chi connectivity index (χ1v) is 9.08. The topological polar surface area (TPSA) is 106 Å². The fraction of sp³-hybridized carbons (Fsp3) is 0.467. The van der Waals surface area contributed by atoms with Gasteiger partial charge in [-0.3, -0.25) is 0 Å². The molecule has 2 heterocycles. The molecule has 10 heteroatoms. The molecule has 0 amide bonds. The Balaban J connectivity index is 1.70. The lowest BCUT2D eigenvalue weighted by molar-refractivity contribution is -0.0506. The van der Waals surface area contributed by atoms with E-state index in [1.165, 1.54) is 16.4 Å². The molecular weight excluding hydrogens is 355 g/mol. The van der Waals surface area contributed by atoms with E-state index in [0.717, 1.165) is 6.07 Å². The first-order valence-electron chi connectivity index (χ1n) is 7.64. The van der Waals surface area contributed by atoms with Crippen LogP contribution in [0.15, 0.2) is 28.3 Å². The second-order valence-electron chi connectivity index (χ2n) is 6.12. The Morgan fingerprint density at radius 3 is 2.72 bits per heavy atom. The highest BCUT2D eigenvalue weighted by Gasteiger charge is 2.45. The van der Waals surface area contributed by atoms with Crippen molar-refractivity contribution in [3.05, 3.63) is 29.6 Å². The number of hydrogen-bond acceptors (Lipinski definition) is 6. The average Bonchev–Trinajstić information content (AvgIpc) is 2.91. The number of sulfonamides is 1. The zero-order chi connectivity index (χ0) is 18.2. The van der Waals surface area contributed by atoms with Crippen LogP contribution in [0.3, 0.4) is 0 Å². The Morgan fingerprint density at radius 2 is 2.08 bits per heavy atom. The lowest BCUT2D eigenvalue weighted by Gasteiger charge is -2.36. The van der Waals surface area contributed by atoms with Crippen LogP contribution in [-0.2, 0) is 19.6 Å². The van der Waals surface area contributed by atoms with E-state index < -0.39 is 27.6 Å². The molecular formula is C15H17FN2O6S. The predicted molar refractivity (Wildman–Crippen MR) is 84.1 cm³/mol. The summed E-state index contributed by atoms with van der Waals surface area (Å²) in [5.74, 6) is -0.648. The van der Waals surface area contributed by atoms with Crippen LogP contribution in [0, 0.1) is 12.7 Å². The number of piperidine rings is 1. The highest BCUT2D eigenvalue weighted by molar-refractivity contribution is 7.89. The molecule has 0 saturated carbocycles. The van der Waals surface area contributed by atoms with Crippen molar-refractivity contribution in [2.24, 2.45) is 5.16 Å². The maximum Gasteiger partial charge on any atom is 0.512 e. The third-order valence-electron chi connectivity index (χ3n) is 4.42. The number of ether oxygens (including phenoxy) is 1. The Kier molecular flexibility index (Phi) is 4.41. The van der Waals surface area contributed by atoms with Crippen molar-refractivity contribution in [1.29, 1.82) is 0 Å². The van der Waals surface area contributed by atoms with E-state index in [1.807, 2.05) is 0 Å². The molecule has 0 aromatic heterocycles. The predicted octanol–water partition coefficient (Wildman–Crippen LogP) is 2.09. The molecule has 25 heavy (non-hydrogen) atoms. The van der Waals surface area contributed by atoms with Crippen molar-refractivity contribution in [2.45, 2.75) is 36.7 Å². The summed E-state index contributed by atoms with van der Waals surface area (Å²) in [6.07, 6.45) is -0.639. The molecule has 1 saturated heterocycles. The number of carbonyl (C=O) groups is 1. The minimum Gasteiger partial charge on any atom is -0.449 e. The normalized spacial score (nSPS) is 20.2. The van der Waals surface area contributed by atoms with E-state index in [4.69, 9.17) is 9.94 Å². The van der Waals surface area contributed by atoms with Crippen LogP contribution in [0.5, 0.6) is 0 Å². The van der Waals surface area contributed by atoms with Crippen LogP contribution in [0.2, 0.25) is 0 Å². The van der Waals surface area contributed by atoms with Crippen LogP contribution in [0.1, 0.15) is 24.8 Å². The number of oxime groups is 1. The molecule has 1 N–H and O–H groups in total. The molecule has 8 nitrogen and oxygen atoms in total. The first kappa shape index (κ1) is 17.6. The van der Waals surface area contributed by atoms with Crippen molar-refractivity contribution in [3.8, 4) is 0 Å². The quantitative estimate of drug-likeness (QED) is 0.797. The van der Waals surface area contributed by atoms with E-state index in [2.05, 4.69) is 9.89 Å². The van der Waals surface area contributed by atoms with Gasteiger partial charge in [-0.15, -0.1) is 0 Å². The van der Waals surface area contributed by atoms with Crippen molar-refractivity contribution in [2.75, 3.05) is 13.1 Å². The van der Waals surface area contributed by atoms with Crippen LogP contribution in [-0.4, -0.2) is 48.6 Å². The lowest BCUT2D eigenvalue weighted by atomic mass is 9.89. The third kappa shape index (κ3) is 3.45. The van der Waals surface area contributed by atoms with Gasteiger partial charge in [0.1, 0.15) is 11.4 Å². The van der Waals surface area contributed by atoms with Crippen molar-refractivity contribution in [1.82, 2.24) is 4.31 Å². The molecule has 0 unspecified atom stereocenters. The summed E-state index contributed by atoms with van der Waals surface area (Å²) in [6.45, 7) is 1.93. The number of hydrogen-bond donors (Lipinski definition) is 1. The van der Waals surface area contributed by atoms with Crippen molar-refractivity contribution >= 4 is 22.1 Å². The SMILES string of the molecule is Cc1ccc(F)cc1S(=O)(=O)N1CCC2(CC1)CC(OC(=O)O)=NO2. The van der Waals surface area contributed by atoms with Gasteiger partial charge in [-0.2, -0.15) is 4.31 Å². The molecule has 3 rings (SSSR count). The zero-order valence-corrected chi connectivity index (χ0v) is 14.3. The van der Waals surface area contributed by atoms with Gasteiger partial charge in [0.2, 0.25) is 15.9 Å². The van der Waals surface area contributed by atoms with Crippen LogP contribution < -0.4 is 0 Å². The van der Waals surface area contributed by atoms with Gasteiger partial charge in [0, 0.05) is 25.9 Å². The van der Waals surface area contributed by atoms with Gasteiger partial charge in [0.15, 0.2) is 0 Å². The molecule has 1 aromatic rings. The second kappa shape index (κ2) is 6.26. The number of benzene rings is 1. The summed E-state index contributed by atoms with van der Waals surface area (Å²) in [5.41, 5.74) is -0.285. The van der Waals surface area contributed by atoms with Gasteiger partial charge < -0.3 is 14.7 Å². The number of halogens is 1. The highest BCUT2D eigenvalue weighted by atomic mass is 32.2. The summed E-state index contributed by atoms with van der Waals surface area (Å²) in [4.78, 5) is 15.8. The molecule has 0 bridgehead atoms. The van der Waals surface area contributed by atoms with Crippen LogP contribution >= 0.6 is 0 Å². The van der Waals surface area contributed by atoms with Crippen molar-refractivity contribution < 1.29 is 32.3 Å². The fourth-order valence-electron chi connectivity index (χ4n) is 3.04. The zero-order valence-electron chi connectivity index (χ0n) is 13.4. The molecule has 0 radical (unpaired) electrons.